The van der Waals surface area contributed by atoms with Gasteiger partial charge in [-0.25, -0.2) is 4.98 Å². The molecule has 1 saturated carbocycles. The molecule has 3 N–H and O–H groups in total. The summed E-state index contributed by atoms with van der Waals surface area (Å²) in [4.78, 5) is 8.88. The molecule has 2 aromatic rings. The summed E-state index contributed by atoms with van der Waals surface area (Å²) in [6.07, 6.45) is 5.76. The number of aryl methyl sites for hydroxylation is 1. The van der Waals surface area contributed by atoms with Gasteiger partial charge in [0.15, 0.2) is 0 Å². The van der Waals surface area contributed by atoms with E-state index in [0.29, 0.717) is 33.1 Å². The van der Waals surface area contributed by atoms with Gasteiger partial charge in [0.2, 0.25) is 5.95 Å². The highest BCUT2D eigenvalue weighted by atomic mass is 79.9. The fourth-order valence-electron chi connectivity index (χ4n) is 3.36. The van der Waals surface area contributed by atoms with Gasteiger partial charge in [0.1, 0.15) is 11.9 Å². The molecule has 144 valence electrons. The third-order valence-electron chi connectivity index (χ3n) is 4.92. The lowest BCUT2D eigenvalue weighted by Gasteiger charge is -2.28. The van der Waals surface area contributed by atoms with Crippen LogP contribution in [0.1, 0.15) is 42.4 Å². The maximum Gasteiger partial charge on any atom is 0.229 e. The number of halogens is 1. The predicted molar refractivity (Wildman–Crippen MR) is 110 cm³/mol. The van der Waals surface area contributed by atoms with Gasteiger partial charge in [-0.1, -0.05) is 12.8 Å². The van der Waals surface area contributed by atoms with Crippen LogP contribution in [0.3, 0.4) is 0 Å². The van der Waals surface area contributed by atoms with E-state index < -0.39 is 0 Å². The third-order valence-corrected chi connectivity index (χ3v) is 5.86. The van der Waals surface area contributed by atoms with Gasteiger partial charge in [0.25, 0.3) is 0 Å². The molecular weight excluding hydrogens is 420 g/mol. The van der Waals surface area contributed by atoms with Crippen molar-refractivity contribution in [3.8, 4) is 12.1 Å². The molecule has 0 unspecified atom stereocenters. The van der Waals surface area contributed by atoms with Crippen LogP contribution >= 0.6 is 15.9 Å². The number of nitrogens with zero attached hydrogens (tertiary/aromatic N) is 4. The summed E-state index contributed by atoms with van der Waals surface area (Å²) in [5.41, 5.74) is 2.54. The van der Waals surface area contributed by atoms with Crippen molar-refractivity contribution in [2.45, 2.75) is 45.3 Å². The Morgan fingerprint density at radius 3 is 2.79 bits per heavy atom. The fraction of sp³-hybridized carbons (Fsp3) is 0.400. The van der Waals surface area contributed by atoms with Crippen molar-refractivity contribution in [3.05, 3.63) is 39.5 Å². The quantitative estimate of drug-likeness (QED) is 0.638. The highest BCUT2D eigenvalue weighted by molar-refractivity contribution is 9.10. The van der Waals surface area contributed by atoms with E-state index >= 15 is 0 Å². The number of aliphatic hydroxyl groups excluding tert-OH is 1. The molecular formula is C20H21BrN6O. The molecule has 1 aromatic heterocycles. The molecule has 28 heavy (non-hydrogen) atoms. The summed E-state index contributed by atoms with van der Waals surface area (Å²) >= 11 is 3.33. The highest BCUT2D eigenvalue weighted by Crippen LogP contribution is 2.29. The standard InChI is InChI=1S/C20H21BrN6O/c1-12-10-24-20(25-16-6-14(9-23)18(21)15(7-16)11-28)27-19(12)26-17-5-3-2-4-13(17)8-22/h6-7,10,13,17,28H,2-5,11H2,1H3,(H2,24,25,26,27)/t13-,17+/m1/s1. The molecule has 0 spiro atoms. The first kappa shape index (κ1) is 20.1. The zero-order chi connectivity index (χ0) is 20.1. The molecule has 1 heterocycles. The van der Waals surface area contributed by atoms with Gasteiger partial charge in [0, 0.05) is 28.0 Å². The Morgan fingerprint density at radius 2 is 2.07 bits per heavy atom. The van der Waals surface area contributed by atoms with Crippen LogP contribution in [0.2, 0.25) is 0 Å². The summed E-state index contributed by atoms with van der Waals surface area (Å²) in [5, 5.41) is 34.7. The maximum atomic E-state index is 9.51. The van der Waals surface area contributed by atoms with E-state index in [1.807, 2.05) is 6.92 Å². The van der Waals surface area contributed by atoms with Gasteiger partial charge in [0.05, 0.1) is 24.2 Å². The van der Waals surface area contributed by atoms with E-state index in [4.69, 9.17) is 0 Å². The Hall–Kier alpha value is -2.68. The first-order valence-corrected chi connectivity index (χ1v) is 9.95. The Bertz CT molecular complexity index is 949. The van der Waals surface area contributed by atoms with Crippen molar-refractivity contribution >= 4 is 33.4 Å². The Labute approximate surface area is 172 Å². The van der Waals surface area contributed by atoms with Crippen LogP contribution in [0.5, 0.6) is 0 Å². The SMILES string of the molecule is Cc1cnc(Nc2cc(C#N)c(Br)c(CO)c2)nc1N[C@H]1CCCC[C@@H]1C#N. The van der Waals surface area contributed by atoms with E-state index in [-0.39, 0.29) is 18.6 Å². The number of hydrogen-bond donors (Lipinski definition) is 3. The van der Waals surface area contributed by atoms with E-state index in [2.05, 4.69) is 48.7 Å². The molecule has 2 atom stereocenters. The zero-order valence-electron chi connectivity index (χ0n) is 15.5. The fourth-order valence-corrected chi connectivity index (χ4v) is 3.81. The second-order valence-electron chi connectivity index (χ2n) is 6.89. The molecule has 3 rings (SSSR count). The Balaban J connectivity index is 1.84. The lowest BCUT2D eigenvalue weighted by molar-refractivity contribution is 0.281. The number of anilines is 3. The predicted octanol–water partition coefficient (Wildman–Crippen LogP) is 4.15. The van der Waals surface area contributed by atoms with E-state index in [9.17, 15) is 15.6 Å². The average molecular weight is 441 g/mol. The monoisotopic (exact) mass is 440 g/mol. The third kappa shape index (κ3) is 4.41. The van der Waals surface area contributed by atoms with Crippen molar-refractivity contribution in [2.24, 2.45) is 5.92 Å². The molecule has 1 aliphatic rings. The summed E-state index contributed by atoms with van der Waals surface area (Å²) in [5.74, 6) is 1.06. The lowest BCUT2D eigenvalue weighted by Crippen LogP contribution is -2.32. The highest BCUT2D eigenvalue weighted by Gasteiger charge is 2.25. The van der Waals surface area contributed by atoms with E-state index in [0.717, 1.165) is 31.2 Å². The average Bonchev–Trinajstić information content (AvgIpc) is 2.72. The van der Waals surface area contributed by atoms with E-state index in [1.165, 1.54) is 0 Å². The first-order valence-electron chi connectivity index (χ1n) is 9.16. The van der Waals surface area contributed by atoms with Crippen LogP contribution in [-0.2, 0) is 6.61 Å². The molecule has 0 radical (unpaired) electrons. The smallest absolute Gasteiger partial charge is 0.229 e. The van der Waals surface area contributed by atoms with Crippen molar-refractivity contribution in [2.75, 3.05) is 10.6 Å². The van der Waals surface area contributed by atoms with Gasteiger partial charge in [-0.05, 0) is 53.4 Å². The summed E-state index contributed by atoms with van der Waals surface area (Å²) < 4.78 is 0.579. The number of benzene rings is 1. The largest absolute Gasteiger partial charge is 0.392 e. The van der Waals surface area contributed by atoms with Crippen LogP contribution in [-0.4, -0.2) is 21.1 Å². The summed E-state index contributed by atoms with van der Waals surface area (Å²) in [6, 6.07) is 8.00. The van der Waals surface area contributed by atoms with Gasteiger partial charge in [-0.2, -0.15) is 15.5 Å². The van der Waals surface area contributed by atoms with Crippen molar-refractivity contribution in [1.29, 1.82) is 10.5 Å². The number of rotatable bonds is 5. The summed E-state index contributed by atoms with van der Waals surface area (Å²) in [6.45, 7) is 1.73. The lowest BCUT2D eigenvalue weighted by atomic mass is 9.85. The topological polar surface area (TPSA) is 118 Å². The summed E-state index contributed by atoms with van der Waals surface area (Å²) in [7, 11) is 0. The zero-order valence-corrected chi connectivity index (χ0v) is 17.1. The number of aromatic nitrogens is 2. The maximum absolute atomic E-state index is 9.51. The number of aliphatic hydroxyl groups is 1. The van der Waals surface area contributed by atoms with Crippen LogP contribution in [0, 0.1) is 35.5 Å². The minimum Gasteiger partial charge on any atom is -0.392 e. The van der Waals surface area contributed by atoms with Crippen molar-refractivity contribution < 1.29 is 5.11 Å². The van der Waals surface area contributed by atoms with Crippen molar-refractivity contribution in [1.82, 2.24) is 9.97 Å². The molecule has 7 nitrogen and oxygen atoms in total. The van der Waals surface area contributed by atoms with Crippen LogP contribution in [0.4, 0.5) is 17.5 Å². The number of nitrogens with one attached hydrogen (secondary N) is 2. The van der Waals surface area contributed by atoms with Crippen LogP contribution in [0.15, 0.2) is 22.8 Å². The molecule has 1 aliphatic carbocycles. The van der Waals surface area contributed by atoms with Crippen molar-refractivity contribution in [3.63, 3.8) is 0 Å². The Morgan fingerprint density at radius 1 is 1.29 bits per heavy atom. The van der Waals surface area contributed by atoms with Gasteiger partial charge in [-0.3, -0.25) is 0 Å². The number of hydrogen-bond acceptors (Lipinski definition) is 7. The van der Waals surface area contributed by atoms with Crippen LogP contribution < -0.4 is 10.6 Å². The van der Waals surface area contributed by atoms with Crippen LogP contribution in [0.25, 0.3) is 0 Å². The molecule has 1 fully saturated rings. The van der Waals surface area contributed by atoms with Gasteiger partial charge < -0.3 is 15.7 Å². The van der Waals surface area contributed by atoms with Gasteiger partial charge in [-0.15, -0.1) is 0 Å². The first-order chi connectivity index (χ1) is 13.5. The minimum absolute atomic E-state index is 0.0173. The Kier molecular flexibility index (Phi) is 6.45. The van der Waals surface area contributed by atoms with E-state index in [1.54, 1.807) is 18.3 Å². The molecule has 0 bridgehead atoms. The van der Waals surface area contributed by atoms with Gasteiger partial charge >= 0.3 is 0 Å². The number of nitriles is 2. The normalized spacial score (nSPS) is 18.8. The molecule has 1 aromatic carbocycles. The second-order valence-corrected chi connectivity index (χ2v) is 7.68. The molecule has 0 amide bonds. The minimum atomic E-state index is -0.191. The molecule has 0 aliphatic heterocycles. The second kappa shape index (κ2) is 9.01. The molecule has 0 saturated heterocycles. The molecule has 8 heteroatoms.